The van der Waals surface area contributed by atoms with Gasteiger partial charge in [0.1, 0.15) is 5.60 Å². The fraction of sp³-hybridized carbons (Fsp3) is 0.700. The van der Waals surface area contributed by atoms with Crippen LogP contribution in [-0.4, -0.2) is 34.8 Å². The predicted molar refractivity (Wildman–Crippen MR) is 60.1 cm³/mol. The van der Waals surface area contributed by atoms with Crippen LogP contribution in [0.4, 0.5) is 4.79 Å². The summed E-state index contributed by atoms with van der Waals surface area (Å²) in [5, 5.41) is 11.2. The number of hydrogen-bond donors (Lipinski definition) is 2. The molecule has 0 rings (SSSR count). The number of carbonyl (C=O) groups is 1. The van der Waals surface area contributed by atoms with Crippen LogP contribution in [-0.2, 0) is 4.74 Å². The van der Waals surface area contributed by atoms with Crippen LogP contribution < -0.4 is 5.32 Å². The molecule has 0 bridgehead atoms. The third-order valence-electron chi connectivity index (χ3n) is 1.45. The van der Waals surface area contributed by atoms with Crippen molar-refractivity contribution < 1.29 is 14.6 Å². The second-order valence-electron chi connectivity index (χ2n) is 4.13. The van der Waals surface area contributed by atoms with Gasteiger partial charge in [0.2, 0.25) is 0 Å². The Labute approximate surface area is 95.3 Å². The number of amides is 1. The molecule has 0 heterocycles. The van der Waals surface area contributed by atoms with Crippen molar-refractivity contribution in [3.63, 3.8) is 0 Å². The van der Waals surface area contributed by atoms with Crippen LogP contribution in [0.3, 0.4) is 0 Å². The molecule has 2 N–H and O–H groups in total. The zero-order valence-electron chi connectivity index (χ0n) is 9.29. The first-order chi connectivity index (χ1) is 6.76. The van der Waals surface area contributed by atoms with Crippen molar-refractivity contribution in [2.24, 2.45) is 0 Å². The van der Waals surface area contributed by atoms with Crippen molar-refractivity contribution >= 4 is 17.7 Å². The van der Waals surface area contributed by atoms with Gasteiger partial charge in [-0.1, -0.05) is 6.08 Å². The van der Waals surface area contributed by atoms with Crippen molar-refractivity contribution in [2.45, 2.75) is 37.9 Å². The van der Waals surface area contributed by atoms with Crippen molar-refractivity contribution in [2.75, 3.05) is 6.54 Å². The number of nitrogens with one attached hydrogen (secondary N) is 1. The Hall–Kier alpha value is -0.740. The molecule has 0 aromatic heterocycles. The van der Waals surface area contributed by atoms with Crippen LogP contribution in [0, 0.1) is 0 Å². The molecular formula is C10H18ClNO3. The zero-order chi connectivity index (χ0) is 12.1. The average Bonchev–Trinajstić information content (AvgIpc) is 2.10. The van der Waals surface area contributed by atoms with Gasteiger partial charge in [0, 0.05) is 6.54 Å². The minimum Gasteiger partial charge on any atom is -0.444 e. The highest BCUT2D eigenvalue weighted by molar-refractivity contribution is 6.22. The summed E-state index contributed by atoms with van der Waals surface area (Å²) in [6, 6.07) is 0. The number of halogens is 1. The zero-order valence-corrected chi connectivity index (χ0v) is 10.0. The van der Waals surface area contributed by atoms with Crippen LogP contribution >= 0.6 is 11.6 Å². The van der Waals surface area contributed by atoms with E-state index in [4.69, 9.17) is 16.3 Å². The van der Waals surface area contributed by atoms with E-state index in [1.807, 2.05) is 0 Å². The summed E-state index contributed by atoms with van der Waals surface area (Å²) in [6.45, 7) is 8.75. The summed E-state index contributed by atoms with van der Waals surface area (Å²) >= 11 is 5.67. The smallest absolute Gasteiger partial charge is 0.407 e. The highest BCUT2D eigenvalue weighted by Gasteiger charge is 2.18. The molecule has 0 spiro atoms. The Balaban J connectivity index is 3.86. The van der Waals surface area contributed by atoms with Crippen LogP contribution in [0.2, 0.25) is 0 Å². The van der Waals surface area contributed by atoms with E-state index in [2.05, 4.69) is 11.9 Å². The topological polar surface area (TPSA) is 58.6 Å². The van der Waals surface area contributed by atoms with E-state index in [1.165, 1.54) is 6.08 Å². The van der Waals surface area contributed by atoms with Gasteiger partial charge in [0.25, 0.3) is 0 Å². The number of carbonyl (C=O) groups excluding carboxylic acids is 1. The second-order valence-corrected chi connectivity index (χ2v) is 4.63. The Morgan fingerprint density at radius 2 is 2.20 bits per heavy atom. The first kappa shape index (κ1) is 14.3. The molecule has 0 aliphatic rings. The Morgan fingerprint density at radius 1 is 1.67 bits per heavy atom. The highest BCUT2D eigenvalue weighted by Crippen LogP contribution is 2.07. The first-order valence-electron chi connectivity index (χ1n) is 4.68. The molecule has 0 aliphatic heterocycles. The molecular weight excluding hydrogens is 218 g/mol. The number of alkyl halides is 1. The molecule has 4 nitrogen and oxygen atoms in total. The lowest BCUT2D eigenvalue weighted by molar-refractivity contribution is 0.0494. The van der Waals surface area contributed by atoms with Crippen LogP contribution in [0.25, 0.3) is 0 Å². The van der Waals surface area contributed by atoms with Gasteiger partial charge in [0.05, 0.1) is 11.5 Å². The Morgan fingerprint density at radius 3 is 2.60 bits per heavy atom. The lowest BCUT2D eigenvalue weighted by atomic mass is 10.2. The molecule has 0 aromatic rings. The number of hydrogen-bond acceptors (Lipinski definition) is 3. The number of aliphatic hydroxyl groups is 1. The van der Waals surface area contributed by atoms with Gasteiger partial charge >= 0.3 is 6.09 Å². The lowest BCUT2D eigenvalue weighted by Gasteiger charge is -2.21. The monoisotopic (exact) mass is 235 g/mol. The largest absolute Gasteiger partial charge is 0.444 e. The Kier molecular flexibility index (Phi) is 5.68. The van der Waals surface area contributed by atoms with Crippen molar-refractivity contribution in [3.8, 4) is 0 Å². The summed E-state index contributed by atoms with van der Waals surface area (Å²) in [6.07, 6.45) is -0.0330. The standard InChI is InChI=1S/C10H18ClNO3/c1-5-7(11)8(13)6-12-9(14)15-10(2,3)4/h5,7-8,13H,1,6H2,2-4H3,(H,12,14)/t7-,8-/m1/s1. The van der Waals surface area contributed by atoms with E-state index in [0.717, 1.165) is 0 Å². The molecule has 0 radical (unpaired) electrons. The van der Waals surface area contributed by atoms with E-state index in [1.54, 1.807) is 20.8 Å². The molecule has 0 fully saturated rings. The molecule has 0 unspecified atom stereocenters. The van der Waals surface area contributed by atoms with E-state index in [0.29, 0.717) is 0 Å². The molecule has 0 aliphatic carbocycles. The minimum atomic E-state index is -0.864. The molecule has 0 saturated carbocycles. The van der Waals surface area contributed by atoms with Gasteiger partial charge in [-0.25, -0.2) is 4.79 Å². The SMILES string of the molecule is C=C[C@@H](Cl)[C@H](O)CNC(=O)OC(C)(C)C. The fourth-order valence-electron chi connectivity index (χ4n) is 0.772. The minimum absolute atomic E-state index is 0.0368. The first-order valence-corrected chi connectivity index (χ1v) is 5.11. The van der Waals surface area contributed by atoms with Gasteiger partial charge in [0.15, 0.2) is 0 Å². The molecule has 5 heteroatoms. The molecule has 2 atom stereocenters. The van der Waals surface area contributed by atoms with Gasteiger partial charge in [-0.15, -0.1) is 18.2 Å². The third kappa shape index (κ3) is 7.22. The van der Waals surface area contributed by atoms with E-state index in [-0.39, 0.29) is 6.54 Å². The fourth-order valence-corrected chi connectivity index (χ4v) is 0.861. The van der Waals surface area contributed by atoms with Gasteiger partial charge in [-0.2, -0.15) is 0 Å². The summed E-state index contributed by atoms with van der Waals surface area (Å²) < 4.78 is 4.97. The van der Waals surface area contributed by atoms with Crippen molar-refractivity contribution in [1.29, 1.82) is 0 Å². The van der Waals surface area contributed by atoms with E-state index >= 15 is 0 Å². The van der Waals surface area contributed by atoms with E-state index < -0.39 is 23.2 Å². The average molecular weight is 236 g/mol. The van der Waals surface area contributed by atoms with Gasteiger partial charge in [-0.05, 0) is 20.8 Å². The maximum absolute atomic E-state index is 11.2. The maximum atomic E-state index is 11.2. The van der Waals surface area contributed by atoms with Crippen LogP contribution in [0.15, 0.2) is 12.7 Å². The summed E-state index contributed by atoms with van der Waals surface area (Å²) in [4.78, 5) is 11.2. The van der Waals surface area contributed by atoms with Gasteiger partial charge < -0.3 is 15.2 Å². The van der Waals surface area contributed by atoms with Crippen LogP contribution in [0.5, 0.6) is 0 Å². The molecule has 1 amide bonds. The number of aliphatic hydroxyl groups excluding tert-OH is 1. The quantitative estimate of drug-likeness (QED) is 0.576. The second kappa shape index (κ2) is 5.98. The number of alkyl carbamates (subject to hydrolysis) is 1. The van der Waals surface area contributed by atoms with Gasteiger partial charge in [-0.3, -0.25) is 0 Å². The molecule has 88 valence electrons. The lowest BCUT2D eigenvalue weighted by Crippen LogP contribution is -2.39. The number of rotatable bonds is 4. The maximum Gasteiger partial charge on any atom is 0.407 e. The van der Waals surface area contributed by atoms with E-state index in [9.17, 15) is 9.90 Å². The third-order valence-corrected chi connectivity index (χ3v) is 1.92. The molecule has 0 saturated heterocycles. The summed E-state index contributed by atoms with van der Waals surface area (Å²) in [5.74, 6) is 0. The Bertz CT molecular complexity index is 225. The normalized spacial score (nSPS) is 15.3. The predicted octanol–water partition coefficient (Wildman–Crippen LogP) is 1.67. The summed E-state index contributed by atoms with van der Waals surface area (Å²) in [7, 11) is 0. The number of ether oxygens (including phenoxy) is 1. The van der Waals surface area contributed by atoms with Crippen molar-refractivity contribution in [3.05, 3.63) is 12.7 Å². The highest BCUT2D eigenvalue weighted by atomic mass is 35.5. The molecule has 0 aromatic carbocycles. The summed E-state index contributed by atoms with van der Waals surface area (Å²) in [5.41, 5.74) is -0.548. The van der Waals surface area contributed by atoms with Crippen LogP contribution in [0.1, 0.15) is 20.8 Å². The van der Waals surface area contributed by atoms with Crippen molar-refractivity contribution in [1.82, 2.24) is 5.32 Å². The molecule has 15 heavy (non-hydrogen) atoms.